The number of nitrogens with two attached hydrogens (primary N) is 1. The molecule has 5 N–H and O–H groups in total. The maximum atomic E-state index is 12.5. The predicted molar refractivity (Wildman–Crippen MR) is 167 cm³/mol. The van der Waals surface area contributed by atoms with Gasteiger partial charge in [0.05, 0.1) is 6.42 Å². The van der Waals surface area contributed by atoms with Gasteiger partial charge in [-0.2, -0.15) is 4.98 Å². The zero-order chi connectivity index (χ0) is 29.5. The van der Waals surface area contributed by atoms with Gasteiger partial charge in [0.1, 0.15) is 23.0 Å². The van der Waals surface area contributed by atoms with Gasteiger partial charge in [-0.15, -0.1) is 0 Å². The number of allylic oxidation sites excluding steroid dienone is 3. The molecule has 3 aromatic rings. The lowest BCUT2D eigenvalue weighted by Gasteiger charge is -2.17. The van der Waals surface area contributed by atoms with E-state index >= 15 is 0 Å². The molecule has 1 aliphatic heterocycles. The fourth-order valence-electron chi connectivity index (χ4n) is 4.86. The molecule has 0 aliphatic carbocycles. The third-order valence-corrected chi connectivity index (χ3v) is 7.01. The van der Waals surface area contributed by atoms with Crippen LogP contribution < -0.4 is 16.4 Å². The van der Waals surface area contributed by atoms with E-state index in [1.165, 1.54) is 0 Å². The first-order valence-corrected chi connectivity index (χ1v) is 13.8. The number of carbonyl (C=O) groups excluding carboxylic acids is 1. The number of nitrogen functional groups attached to an aromatic ring is 1. The van der Waals surface area contributed by atoms with E-state index in [-0.39, 0.29) is 24.1 Å². The van der Waals surface area contributed by atoms with Crippen molar-refractivity contribution in [3.63, 3.8) is 0 Å². The summed E-state index contributed by atoms with van der Waals surface area (Å²) in [4.78, 5) is 23.8. The van der Waals surface area contributed by atoms with Crippen molar-refractivity contribution in [2.45, 2.75) is 27.2 Å². The second-order valence-corrected chi connectivity index (χ2v) is 10.6. The molecule has 0 bridgehead atoms. The van der Waals surface area contributed by atoms with Gasteiger partial charge in [-0.1, -0.05) is 43.9 Å². The summed E-state index contributed by atoms with van der Waals surface area (Å²) in [5.41, 5.74) is 9.41. The van der Waals surface area contributed by atoms with Crippen molar-refractivity contribution in [3.8, 4) is 0 Å². The van der Waals surface area contributed by atoms with Gasteiger partial charge in [0.15, 0.2) is 0 Å². The molecule has 1 aliphatic rings. The monoisotopic (exact) mass is 553 g/mol. The molecule has 1 fully saturated rings. The molecule has 2 aromatic heterocycles. The highest BCUT2D eigenvalue weighted by atomic mass is 16.3. The number of fused-ring (bicyclic) bond motifs is 1. The number of aryl methyl sites for hydroxylation is 1. The second-order valence-electron chi connectivity index (χ2n) is 10.6. The lowest BCUT2D eigenvalue weighted by molar-refractivity contribution is -0.115. The Morgan fingerprint density at radius 3 is 2.76 bits per heavy atom. The van der Waals surface area contributed by atoms with E-state index in [4.69, 9.17) is 15.6 Å². The third kappa shape index (κ3) is 8.25. The summed E-state index contributed by atoms with van der Waals surface area (Å²) in [5.74, 6) is 2.21. The number of hydrogen-bond acceptors (Lipinski definition) is 7. The van der Waals surface area contributed by atoms with Crippen LogP contribution in [0.2, 0.25) is 0 Å². The number of anilines is 2. The molecule has 2 unspecified atom stereocenters. The molecular formula is C32H39N7O2. The van der Waals surface area contributed by atoms with Gasteiger partial charge in [-0.3, -0.25) is 15.5 Å². The summed E-state index contributed by atoms with van der Waals surface area (Å²) >= 11 is 0. The standard InChI is InChI=1S/C32H39N7O2/c1-6-39-18-24(9-11-27-16-25-15-23(31(33)34)10-12-28(25)41-27)26(19-39)17-35-29-14-22(5)36-32(37-29)38-30(40)13-21(4)8-7-20(2)3/h7-12,14-16,24,26H,2,4,6,13,17-19H2,1,3,5H3,(H3,33,34)(H2,35,36,37,38,40)/b8-7-,11-9+. The average molecular weight is 554 g/mol. The van der Waals surface area contributed by atoms with E-state index < -0.39 is 0 Å². The van der Waals surface area contributed by atoms with Gasteiger partial charge in [0.2, 0.25) is 11.9 Å². The minimum Gasteiger partial charge on any atom is -0.457 e. The number of likely N-dealkylation sites (tertiary alicyclic amines) is 1. The number of rotatable bonds is 12. The van der Waals surface area contributed by atoms with Crippen molar-refractivity contribution in [3.05, 3.63) is 89.9 Å². The highest BCUT2D eigenvalue weighted by molar-refractivity contribution is 5.98. The number of amides is 1. The lowest BCUT2D eigenvalue weighted by Crippen LogP contribution is -2.23. The maximum absolute atomic E-state index is 12.5. The first kappa shape index (κ1) is 29.5. The van der Waals surface area contributed by atoms with E-state index in [0.29, 0.717) is 28.8 Å². The molecule has 214 valence electrons. The Labute approximate surface area is 241 Å². The molecule has 41 heavy (non-hydrogen) atoms. The van der Waals surface area contributed by atoms with Crippen LogP contribution in [-0.4, -0.2) is 52.8 Å². The van der Waals surface area contributed by atoms with E-state index in [0.717, 1.165) is 54.2 Å². The molecule has 9 nitrogen and oxygen atoms in total. The van der Waals surface area contributed by atoms with Gasteiger partial charge < -0.3 is 20.4 Å². The fourth-order valence-corrected chi connectivity index (χ4v) is 4.86. The normalized spacial score (nSPS) is 17.4. The number of carbonyl (C=O) groups is 1. The largest absolute Gasteiger partial charge is 0.457 e. The highest BCUT2D eigenvalue weighted by Gasteiger charge is 2.30. The minimum absolute atomic E-state index is 0.0390. The molecule has 0 radical (unpaired) electrons. The Kier molecular flexibility index (Phi) is 9.52. The first-order valence-electron chi connectivity index (χ1n) is 13.8. The minimum atomic E-state index is -0.222. The average Bonchev–Trinajstić information content (AvgIpc) is 3.51. The molecule has 4 rings (SSSR count). The molecule has 1 amide bonds. The molecule has 1 saturated heterocycles. The predicted octanol–water partition coefficient (Wildman–Crippen LogP) is 5.53. The van der Waals surface area contributed by atoms with Crippen molar-refractivity contribution < 1.29 is 9.21 Å². The summed E-state index contributed by atoms with van der Waals surface area (Å²) in [6, 6.07) is 9.37. The molecular weight excluding hydrogens is 514 g/mol. The SMILES string of the molecule is C=C(C)/C=C\C(=C)CC(=O)Nc1nc(C)cc(NCC2CN(CC)CC2/C=C/c2cc3cc(C(=N)N)ccc3o2)n1. The molecule has 0 saturated carbocycles. The van der Waals surface area contributed by atoms with Crippen molar-refractivity contribution in [1.29, 1.82) is 5.41 Å². The second kappa shape index (κ2) is 13.2. The van der Waals surface area contributed by atoms with Gasteiger partial charge >= 0.3 is 0 Å². The van der Waals surface area contributed by atoms with Crippen LogP contribution in [0.1, 0.15) is 37.3 Å². The Balaban J connectivity index is 1.40. The van der Waals surface area contributed by atoms with E-state index in [1.54, 1.807) is 12.1 Å². The van der Waals surface area contributed by atoms with Crippen molar-refractivity contribution >= 4 is 40.6 Å². The van der Waals surface area contributed by atoms with Crippen molar-refractivity contribution in [2.24, 2.45) is 17.6 Å². The summed E-state index contributed by atoms with van der Waals surface area (Å²) in [6.45, 7) is 17.3. The van der Waals surface area contributed by atoms with Gasteiger partial charge in [0, 0.05) is 42.3 Å². The van der Waals surface area contributed by atoms with Crippen LogP contribution >= 0.6 is 0 Å². The lowest BCUT2D eigenvalue weighted by atomic mass is 9.95. The van der Waals surface area contributed by atoms with Crippen LogP contribution in [0.25, 0.3) is 17.0 Å². The quantitative estimate of drug-likeness (QED) is 0.132. The number of nitrogens with one attached hydrogen (secondary N) is 3. The summed E-state index contributed by atoms with van der Waals surface area (Å²) in [5, 5.41) is 14.8. The maximum Gasteiger partial charge on any atom is 0.231 e. The van der Waals surface area contributed by atoms with E-state index in [9.17, 15) is 4.79 Å². The molecule has 2 atom stereocenters. The van der Waals surface area contributed by atoms with E-state index in [2.05, 4.69) is 51.7 Å². The summed E-state index contributed by atoms with van der Waals surface area (Å²) < 4.78 is 5.99. The number of hydrogen-bond donors (Lipinski definition) is 4. The van der Waals surface area contributed by atoms with Crippen LogP contribution in [0, 0.1) is 24.2 Å². The van der Waals surface area contributed by atoms with Crippen LogP contribution in [0.4, 0.5) is 11.8 Å². The Hall–Kier alpha value is -4.50. The zero-order valence-electron chi connectivity index (χ0n) is 24.0. The molecule has 0 spiro atoms. The number of amidine groups is 1. The fraction of sp³-hybridized carbons (Fsp3) is 0.312. The highest BCUT2D eigenvalue weighted by Crippen LogP contribution is 2.28. The van der Waals surface area contributed by atoms with Crippen molar-refractivity contribution in [1.82, 2.24) is 14.9 Å². The Morgan fingerprint density at radius 2 is 2.02 bits per heavy atom. The van der Waals surface area contributed by atoms with Gasteiger partial charge in [0.25, 0.3) is 0 Å². The summed E-state index contributed by atoms with van der Waals surface area (Å²) in [7, 11) is 0. The van der Waals surface area contributed by atoms with E-state index in [1.807, 2.05) is 50.3 Å². The Morgan fingerprint density at radius 1 is 1.22 bits per heavy atom. The zero-order valence-corrected chi connectivity index (χ0v) is 24.0. The van der Waals surface area contributed by atoms with Crippen LogP contribution in [0.3, 0.4) is 0 Å². The number of nitrogens with zero attached hydrogens (tertiary/aromatic N) is 3. The number of furan rings is 1. The van der Waals surface area contributed by atoms with Crippen LogP contribution in [0.15, 0.2) is 77.3 Å². The van der Waals surface area contributed by atoms with Crippen LogP contribution in [0.5, 0.6) is 0 Å². The smallest absolute Gasteiger partial charge is 0.231 e. The van der Waals surface area contributed by atoms with Gasteiger partial charge in [-0.05, 0) is 68.1 Å². The molecule has 9 heteroatoms. The number of aromatic nitrogens is 2. The van der Waals surface area contributed by atoms with Gasteiger partial charge in [-0.25, -0.2) is 4.98 Å². The Bertz CT molecular complexity index is 1520. The summed E-state index contributed by atoms with van der Waals surface area (Å²) in [6.07, 6.45) is 8.02. The van der Waals surface area contributed by atoms with Crippen LogP contribution in [-0.2, 0) is 4.79 Å². The first-order chi connectivity index (χ1) is 19.6. The third-order valence-electron chi connectivity index (χ3n) is 7.01. The molecule has 3 heterocycles. The number of benzene rings is 1. The topological polar surface area (TPSA) is 133 Å². The molecule has 1 aromatic carbocycles. The van der Waals surface area contributed by atoms with Crippen molar-refractivity contribution in [2.75, 3.05) is 36.8 Å².